The zero-order valence-corrected chi connectivity index (χ0v) is 13.8. The summed E-state index contributed by atoms with van der Waals surface area (Å²) in [5.74, 6) is -1.79. The number of morpholine rings is 1. The molecular formula is C16H19N3O5. The zero-order chi connectivity index (χ0) is 17.4. The molecule has 0 radical (unpaired) electrons. The fourth-order valence-corrected chi connectivity index (χ4v) is 3.07. The number of nitrogens with zero attached hydrogens (tertiary/aromatic N) is 3. The fourth-order valence-electron chi connectivity index (χ4n) is 3.07. The molecule has 1 aliphatic rings. The number of hydrogen-bond acceptors (Lipinski definition) is 5. The Morgan fingerprint density at radius 2 is 2.00 bits per heavy atom. The third-order valence-electron chi connectivity index (χ3n) is 4.32. The van der Waals surface area contributed by atoms with E-state index < -0.39 is 5.97 Å². The molecule has 8 nitrogen and oxygen atoms in total. The number of aromatic carboxylic acids is 1. The monoisotopic (exact) mass is 333 g/mol. The van der Waals surface area contributed by atoms with Crippen LogP contribution in [0.1, 0.15) is 44.1 Å². The van der Waals surface area contributed by atoms with Gasteiger partial charge in [0.1, 0.15) is 0 Å². The van der Waals surface area contributed by atoms with E-state index in [2.05, 4.69) is 5.10 Å². The molecule has 24 heavy (non-hydrogen) atoms. The van der Waals surface area contributed by atoms with Crippen LogP contribution in [0.5, 0.6) is 0 Å². The molecule has 0 spiro atoms. The standard InChI is InChI=1S/C16H19N3O5/c1-9-14(10(2)18(3)17-9)11-8-23-7-6-19(11)15(20)12-4-5-13(24-12)16(21)22/h4-5,11H,6-8H2,1-3H3,(H,21,22). The molecule has 0 bridgehead atoms. The zero-order valence-electron chi connectivity index (χ0n) is 13.8. The summed E-state index contributed by atoms with van der Waals surface area (Å²) in [5.41, 5.74) is 2.76. The van der Waals surface area contributed by atoms with Gasteiger partial charge in [0.2, 0.25) is 5.76 Å². The van der Waals surface area contributed by atoms with E-state index in [4.69, 9.17) is 14.3 Å². The predicted octanol–water partition coefficient (Wildman–Crippen LogP) is 1.54. The molecule has 1 saturated heterocycles. The van der Waals surface area contributed by atoms with Crippen molar-refractivity contribution in [1.82, 2.24) is 14.7 Å². The first-order valence-electron chi connectivity index (χ1n) is 7.62. The average Bonchev–Trinajstić information content (AvgIpc) is 3.13. The molecule has 1 aliphatic heterocycles. The molecule has 1 N–H and O–H groups in total. The molecule has 0 aromatic carbocycles. The Labute approximate surface area is 138 Å². The summed E-state index contributed by atoms with van der Waals surface area (Å²) in [6, 6.07) is 2.39. The maximum Gasteiger partial charge on any atom is 0.371 e. The minimum Gasteiger partial charge on any atom is -0.475 e. The molecule has 1 fully saturated rings. The minimum absolute atomic E-state index is 0.0125. The summed E-state index contributed by atoms with van der Waals surface area (Å²) < 4.78 is 12.5. The van der Waals surface area contributed by atoms with Crippen LogP contribution < -0.4 is 0 Å². The van der Waals surface area contributed by atoms with E-state index in [0.717, 1.165) is 17.0 Å². The SMILES string of the molecule is Cc1nn(C)c(C)c1C1COCCN1C(=O)c1ccc(C(=O)O)o1. The summed E-state index contributed by atoms with van der Waals surface area (Å²) in [4.78, 5) is 25.4. The molecular weight excluding hydrogens is 314 g/mol. The average molecular weight is 333 g/mol. The van der Waals surface area contributed by atoms with Gasteiger partial charge in [0.25, 0.3) is 5.91 Å². The largest absolute Gasteiger partial charge is 0.475 e. The van der Waals surface area contributed by atoms with Gasteiger partial charge in [0.05, 0.1) is 24.9 Å². The Morgan fingerprint density at radius 1 is 1.29 bits per heavy atom. The molecule has 1 amide bonds. The van der Waals surface area contributed by atoms with E-state index in [1.54, 1.807) is 9.58 Å². The molecule has 3 heterocycles. The van der Waals surface area contributed by atoms with Crippen LogP contribution in [0.4, 0.5) is 0 Å². The molecule has 0 aliphatic carbocycles. The quantitative estimate of drug-likeness (QED) is 0.915. The van der Waals surface area contributed by atoms with Crippen LogP contribution in [0.25, 0.3) is 0 Å². The molecule has 8 heteroatoms. The van der Waals surface area contributed by atoms with Gasteiger partial charge in [-0.2, -0.15) is 5.10 Å². The lowest BCUT2D eigenvalue weighted by Gasteiger charge is -2.35. The van der Waals surface area contributed by atoms with Crippen molar-refractivity contribution in [3.8, 4) is 0 Å². The summed E-state index contributed by atoms with van der Waals surface area (Å²) in [6.45, 7) is 5.04. The van der Waals surface area contributed by atoms with E-state index in [0.29, 0.717) is 19.8 Å². The third-order valence-corrected chi connectivity index (χ3v) is 4.32. The van der Waals surface area contributed by atoms with Crippen molar-refractivity contribution in [2.75, 3.05) is 19.8 Å². The Hall–Kier alpha value is -2.61. The van der Waals surface area contributed by atoms with Crippen molar-refractivity contribution in [1.29, 1.82) is 0 Å². The van der Waals surface area contributed by atoms with Crippen molar-refractivity contribution in [2.45, 2.75) is 19.9 Å². The van der Waals surface area contributed by atoms with Crippen molar-refractivity contribution >= 4 is 11.9 Å². The topological polar surface area (TPSA) is 97.8 Å². The van der Waals surface area contributed by atoms with Crippen LogP contribution in [0, 0.1) is 13.8 Å². The van der Waals surface area contributed by atoms with Crippen LogP contribution >= 0.6 is 0 Å². The second-order valence-corrected chi connectivity index (χ2v) is 5.77. The van der Waals surface area contributed by atoms with Gasteiger partial charge in [-0.3, -0.25) is 9.48 Å². The van der Waals surface area contributed by atoms with Crippen LogP contribution in [-0.2, 0) is 11.8 Å². The molecule has 0 saturated carbocycles. The van der Waals surface area contributed by atoms with E-state index in [1.807, 2.05) is 20.9 Å². The lowest BCUT2D eigenvalue weighted by Crippen LogP contribution is -2.43. The summed E-state index contributed by atoms with van der Waals surface area (Å²) in [6.07, 6.45) is 0. The Bertz CT molecular complexity index is 792. The van der Waals surface area contributed by atoms with Crippen molar-refractivity contribution < 1.29 is 23.8 Å². The van der Waals surface area contributed by atoms with Crippen LogP contribution in [-0.4, -0.2) is 51.4 Å². The number of carbonyl (C=O) groups excluding carboxylic acids is 1. The second-order valence-electron chi connectivity index (χ2n) is 5.77. The van der Waals surface area contributed by atoms with Gasteiger partial charge in [0, 0.05) is 24.8 Å². The number of carbonyl (C=O) groups is 2. The number of aryl methyl sites for hydroxylation is 2. The predicted molar refractivity (Wildman–Crippen MR) is 82.9 cm³/mol. The third kappa shape index (κ3) is 2.69. The van der Waals surface area contributed by atoms with Gasteiger partial charge in [-0.15, -0.1) is 0 Å². The molecule has 1 atom stereocenters. The molecule has 2 aromatic heterocycles. The minimum atomic E-state index is -1.20. The van der Waals surface area contributed by atoms with Crippen molar-refractivity contribution in [3.05, 3.63) is 40.6 Å². The Morgan fingerprint density at radius 3 is 2.58 bits per heavy atom. The lowest BCUT2D eigenvalue weighted by atomic mass is 10.0. The van der Waals surface area contributed by atoms with Gasteiger partial charge >= 0.3 is 5.97 Å². The highest BCUT2D eigenvalue weighted by atomic mass is 16.5. The fraction of sp³-hybridized carbons (Fsp3) is 0.438. The van der Waals surface area contributed by atoms with E-state index in [9.17, 15) is 9.59 Å². The number of amides is 1. The van der Waals surface area contributed by atoms with Crippen molar-refractivity contribution in [2.24, 2.45) is 7.05 Å². The summed E-state index contributed by atoms with van der Waals surface area (Å²) in [5, 5.41) is 13.3. The number of carboxylic acids is 1. The first-order valence-corrected chi connectivity index (χ1v) is 7.62. The molecule has 3 rings (SSSR count). The summed E-state index contributed by atoms with van der Waals surface area (Å²) in [7, 11) is 1.85. The van der Waals surface area contributed by atoms with Gasteiger partial charge in [-0.25, -0.2) is 4.79 Å². The van der Waals surface area contributed by atoms with Gasteiger partial charge in [-0.1, -0.05) is 0 Å². The van der Waals surface area contributed by atoms with Crippen LogP contribution in [0.3, 0.4) is 0 Å². The van der Waals surface area contributed by atoms with Crippen LogP contribution in [0.15, 0.2) is 16.5 Å². The number of carboxylic acid groups (broad SMARTS) is 1. The number of aromatic nitrogens is 2. The summed E-state index contributed by atoms with van der Waals surface area (Å²) >= 11 is 0. The first kappa shape index (κ1) is 16.3. The second kappa shape index (κ2) is 6.12. The van der Waals surface area contributed by atoms with E-state index in [1.165, 1.54) is 12.1 Å². The normalized spacial score (nSPS) is 18.0. The van der Waals surface area contributed by atoms with Crippen LogP contribution in [0.2, 0.25) is 0 Å². The molecule has 1 unspecified atom stereocenters. The van der Waals surface area contributed by atoms with Gasteiger partial charge in [-0.05, 0) is 26.0 Å². The number of furan rings is 1. The Kier molecular flexibility index (Phi) is 4.15. The van der Waals surface area contributed by atoms with E-state index >= 15 is 0 Å². The maximum absolute atomic E-state index is 12.8. The number of hydrogen-bond donors (Lipinski definition) is 1. The molecule has 2 aromatic rings. The number of rotatable bonds is 3. The highest BCUT2D eigenvalue weighted by Gasteiger charge is 2.34. The molecule has 128 valence electrons. The van der Waals surface area contributed by atoms with E-state index in [-0.39, 0.29) is 23.5 Å². The highest BCUT2D eigenvalue weighted by Crippen LogP contribution is 2.30. The van der Waals surface area contributed by atoms with Gasteiger partial charge < -0.3 is 19.2 Å². The first-order chi connectivity index (χ1) is 11.4. The lowest BCUT2D eigenvalue weighted by molar-refractivity contribution is -0.00468. The maximum atomic E-state index is 12.8. The van der Waals surface area contributed by atoms with Crippen molar-refractivity contribution in [3.63, 3.8) is 0 Å². The number of ether oxygens (including phenoxy) is 1. The Balaban J connectivity index is 1.94. The highest BCUT2D eigenvalue weighted by molar-refractivity contribution is 5.93. The smallest absolute Gasteiger partial charge is 0.371 e. The van der Waals surface area contributed by atoms with Gasteiger partial charge in [0.15, 0.2) is 5.76 Å².